The molecule has 0 radical (unpaired) electrons. The molecule has 1 aliphatic rings. The highest BCUT2D eigenvalue weighted by molar-refractivity contribution is 6.34. The van der Waals surface area contributed by atoms with Crippen LogP contribution in [0.3, 0.4) is 0 Å². The summed E-state index contributed by atoms with van der Waals surface area (Å²) in [5, 5.41) is 14.2. The van der Waals surface area contributed by atoms with Gasteiger partial charge in [0, 0.05) is 28.9 Å². The summed E-state index contributed by atoms with van der Waals surface area (Å²) in [5.41, 5.74) is 1.87. The number of amides is 2. The van der Waals surface area contributed by atoms with E-state index in [0.717, 1.165) is 30.2 Å². The van der Waals surface area contributed by atoms with E-state index in [0.29, 0.717) is 12.1 Å². The number of aryl methyl sites for hydroxylation is 1. The summed E-state index contributed by atoms with van der Waals surface area (Å²) in [6.07, 6.45) is 1.75. The van der Waals surface area contributed by atoms with Crippen molar-refractivity contribution in [3.63, 3.8) is 0 Å². The maximum atomic E-state index is 13.2. The minimum atomic E-state index is -0.756. The molecule has 1 aliphatic heterocycles. The zero-order chi connectivity index (χ0) is 22.8. The van der Waals surface area contributed by atoms with Crippen LogP contribution in [0.15, 0.2) is 60.7 Å². The van der Waals surface area contributed by atoms with Gasteiger partial charge >= 0.3 is 0 Å². The molecule has 2 amide bonds. The monoisotopic (exact) mass is 469 g/mol. The van der Waals surface area contributed by atoms with E-state index in [-0.39, 0.29) is 32.9 Å². The Balaban J connectivity index is 1.63. The van der Waals surface area contributed by atoms with Gasteiger partial charge in [0.25, 0.3) is 17.5 Å². The maximum Gasteiger partial charge on any atom is 0.282 e. The molecule has 0 bridgehead atoms. The van der Waals surface area contributed by atoms with E-state index in [1.54, 1.807) is 11.0 Å². The average Bonchev–Trinajstić information content (AvgIpc) is 2.79. The Labute approximate surface area is 193 Å². The van der Waals surface area contributed by atoms with Gasteiger partial charge in [0.1, 0.15) is 5.56 Å². The van der Waals surface area contributed by atoms with Gasteiger partial charge in [0.2, 0.25) is 0 Å². The van der Waals surface area contributed by atoms with E-state index >= 15 is 0 Å². The predicted octanol–water partition coefficient (Wildman–Crippen LogP) is 5.75. The van der Waals surface area contributed by atoms with E-state index in [4.69, 9.17) is 23.2 Å². The lowest BCUT2D eigenvalue weighted by Gasteiger charge is -2.29. The lowest BCUT2D eigenvalue weighted by molar-refractivity contribution is -0.385. The van der Waals surface area contributed by atoms with Crippen molar-refractivity contribution in [2.45, 2.75) is 12.8 Å². The third kappa shape index (κ3) is 4.30. The van der Waals surface area contributed by atoms with Gasteiger partial charge in [-0.05, 0) is 54.8 Å². The van der Waals surface area contributed by atoms with Crippen molar-refractivity contribution in [1.82, 2.24) is 0 Å². The first kappa shape index (κ1) is 21.8. The van der Waals surface area contributed by atoms with Crippen molar-refractivity contribution < 1.29 is 14.5 Å². The van der Waals surface area contributed by atoms with Gasteiger partial charge in [0.15, 0.2) is 0 Å². The van der Waals surface area contributed by atoms with Crippen molar-refractivity contribution in [2.75, 3.05) is 16.8 Å². The van der Waals surface area contributed by atoms with Crippen LogP contribution in [0.1, 0.15) is 32.7 Å². The number of nitrogens with zero attached hydrogens (tertiary/aromatic N) is 2. The molecule has 0 spiro atoms. The van der Waals surface area contributed by atoms with Crippen LogP contribution in [-0.2, 0) is 6.42 Å². The second-order valence-corrected chi connectivity index (χ2v) is 8.10. The molecule has 1 N–H and O–H groups in total. The predicted molar refractivity (Wildman–Crippen MR) is 124 cm³/mol. The molecule has 0 aliphatic carbocycles. The molecule has 162 valence electrons. The average molecular weight is 470 g/mol. The van der Waals surface area contributed by atoms with Gasteiger partial charge in [0.05, 0.1) is 15.6 Å². The van der Waals surface area contributed by atoms with Gasteiger partial charge < -0.3 is 10.2 Å². The Morgan fingerprint density at radius 1 is 1.03 bits per heavy atom. The van der Waals surface area contributed by atoms with Crippen LogP contribution in [-0.4, -0.2) is 23.3 Å². The SMILES string of the molecule is O=C(Nc1cc(C(=O)N2CCCc3ccccc32)ccc1Cl)c1cc(Cl)ccc1[N+](=O)[O-]. The van der Waals surface area contributed by atoms with Crippen LogP contribution < -0.4 is 10.2 Å². The van der Waals surface area contributed by atoms with Crippen LogP contribution in [0.4, 0.5) is 17.1 Å². The first-order chi connectivity index (χ1) is 15.3. The molecular formula is C23H17Cl2N3O4. The number of halogens is 2. The Bertz CT molecular complexity index is 1250. The first-order valence-electron chi connectivity index (χ1n) is 9.80. The molecule has 4 rings (SSSR count). The number of carbonyl (C=O) groups is 2. The molecule has 0 atom stereocenters. The number of rotatable bonds is 4. The minimum Gasteiger partial charge on any atom is -0.320 e. The normalized spacial score (nSPS) is 12.8. The van der Waals surface area contributed by atoms with Crippen molar-refractivity contribution in [3.05, 3.63) is 97.5 Å². The summed E-state index contributed by atoms with van der Waals surface area (Å²) in [6.45, 7) is 0.578. The van der Waals surface area contributed by atoms with E-state index in [9.17, 15) is 19.7 Å². The zero-order valence-electron chi connectivity index (χ0n) is 16.7. The third-order valence-corrected chi connectivity index (χ3v) is 5.78. The molecule has 7 nitrogen and oxygen atoms in total. The van der Waals surface area contributed by atoms with Gasteiger partial charge in [-0.15, -0.1) is 0 Å². The number of para-hydroxylation sites is 1. The summed E-state index contributed by atoms with van der Waals surface area (Å²) < 4.78 is 0. The molecule has 0 fully saturated rings. The summed E-state index contributed by atoms with van der Waals surface area (Å²) in [4.78, 5) is 38.3. The van der Waals surface area contributed by atoms with Crippen molar-refractivity contribution in [1.29, 1.82) is 0 Å². The number of nitro groups is 1. The highest BCUT2D eigenvalue weighted by Gasteiger charge is 2.25. The molecule has 0 unspecified atom stereocenters. The van der Waals surface area contributed by atoms with Crippen LogP contribution in [0.2, 0.25) is 10.0 Å². The van der Waals surface area contributed by atoms with E-state index < -0.39 is 10.8 Å². The quantitative estimate of drug-likeness (QED) is 0.388. The van der Waals surface area contributed by atoms with Crippen LogP contribution >= 0.6 is 23.2 Å². The van der Waals surface area contributed by atoms with Crippen molar-refractivity contribution in [3.8, 4) is 0 Å². The van der Waals surface area contributed by atoms with Gasteiger partial charge in [-0.25, -0.2) is 0 Å². The lowest BCUT2D eigenvalue weighted by atomic mass is 10.0. The maximum absolute atomic E-state index is 13.2. The minimum absolute atomic E-state index is 0.169. The Hall–Kier alpha value is -3.42. The number of anilines is 2. The molecular weight excluding hydrogens is 453 g/mol. The second kappa shape index (κ2) is 8.98. The molecule has 3 aromatic rings. The highest BCUT2D eigenvalue weighted by atomic mass is 35.5. The fraction of sp³-hybridized carbons (Fsp3) is 0.130. The molecule has 0 aromatic heterocycles. The number of carbonyl (C=O) groups excluding carboxylic acids is 2. The second-order valence-electron chi connectivity index (χ2n) is 7.26. The van der Waals surface area contributed by atoms with Crippen molar-refractivity contribution in [2.24, 2.45) is 0 Å². The van der Waals surface area contributed by atoms with E-state index in [2.05, 4.69) is 5.32 Å². The molecule has 32 heavy (non-hydrogen) atoms. The third-order valence-electron chi connectivity index (χ3n) is 5.22. The van der Waals surface area contributed by atoms with Gasteiger partial charge in [-0.1, -0.05) is 41.4 Å². The Morgan fingerprint density at radius 3 is 2.59 bits per heavy atom. The summed E-state index contributed by atoms with van der Waals surface area (Å²) in [5.74, 6) is -0.980. The number of nitro benzene ring substituents is 1. The van der Waals surface area contributed by atoms with Crippen LogP contribution in [0.5, 0.6) is 0 Å². The summed E-state index contributed by atoms with van der Waals surface area (Å²) in [6, 6.07) is 16.0. The lowest BCUT2D eigenvalue weighted by Crippen LogP contribution is -2.35. The standard InChI is InChI=1S/C23H17Cl2N3O4/c24-16-8-10-21(28(31)32)17(13-16)22(29)26-19-12-15(7-9-18(19)25)23(30)27-11-3-5-14-4-1-2-6-20(14)27/h1-2,4,6-10,12-13H,3,5,11H2,(H,26,29). The fourth-order valence-corrected chi connectivity index (χ4v) is 4.03. The summed E-state index contributed by atoms with van der Waals surface area (Å²) in [7, 11) is 0. The summed E-state index contributed by atoms with van der Waals surface area (Å²) >= 11 is 12.1. The van der Waals surface area contributed by atoms with E-state index in [1.807, 2.05) is 24.3 Å². The number of nitrogens with one attached hydrogen (secondary N) is 1. The van der Waals surface area contributed by atoms with E-state index in [1.165, 1.54) is 24.3 Å². The topological polar surface area (TPSA) is 92.6 Å². The Kier molecular flexibility index (Phi) is 6.12. The number of hydrogen-bond acceptors (Lipinski definition) is 4. The molecule has 0 saturated carbocycles. The van der Waals surface area contributed by atoms with Crippen molar-refractivity contribution >= 4 is 52.1 Å². The number of hydrogen-bond donors (Lipinski definition) is 1. The molecule has 9 heteroatoms. The smallest absolute Gasteiger partial charge is 0.282 e. The number of benzene rings is 3. The largest absolute Gasteiger partial charge is 0.320 e. The molecule has 1 heterocycles. The Morgan fingerprint density at radius 2 is 1.81 bits per heavy atom. The number of fused-ring (bicyclic) bond motifs is 1. The van der Waals surface area contributed by atoms with Gasteiger partial charge in [-0.2, -0.15) is 0 Å². The van der Waals surface area contributed by atoms with Gasteiger partial charge in [-0.3, -0.25) is 19.7 Å². The fourth-order valence-electron chi connectivity index (χ4n) is 3.69. The molecule has 3 aromatic carbocycles. The molecule has 0 saturated heterocycles. The van der Waals surface area contributed by atoms with Crippen LogP contribution in [0, 0.1) is 10.1 Å². The highest BCUT2D eigenvalue weighted by Crippen LogP contribution is 2.31. The zero-order valence-corrected chi connectivity index (χ0v) is 18.2. The first-order valence-corrected chi connectivity index (χ1v) is 10.6. The van der Waals surface area contributed by atoms with Crippen LogP contribution in [0.25, 0.3) is 0 Å².